The summed E-state index contributed by atoms with van der Waals surface area (Å²) in [6.45, 7) is 6.01. The van der Waals surface area contributed by atoms with E-state index in [0.29, 0.717) is 22.5 Å². The van der Waals surface area contributed by atoms with Gasteiger partial charge in [0.2, 0.25) is 0 Å². The average Bonchev–Trinajstić information content (AvgIpc) is 3.14. The zero-order valence-corrected chi connectivity index (χ0v) is 18.0. The smallest absolute Gasteiger partial charge is 0.269 e. The Labute approximate surface area is 180 Å². The van der Waals surface area contributed by atoms with E-state index in [1.54, 1.807) is 32.2 Å². The minimum absolute atomic E-state index is 0.0996. The lowest BCUT2D eigenvalue weighted by molar-refractivity contribution is 0.0948. The Balaban J connectivity index is 1.81. The molecule has 0 bridgehead atoms. The van der Waals surface area contributed by atoms with Crippen LogP contribution in [0.15, 0.2) is 42.5 Å². The summed E-state index contributed by atoms with van der Waals surface area (Å²) < 4.78 is 15.0. The Kier molecular flexibility index (Phi) is 6.39. The Morgan fingerprint density at radius 2 is 1.84 bits per heavy atom. The van der Waals surface area contributed by atoms with Gasteiger partial charge in [0.15, 0.2) is 5.69 Å². The molecule has 0 radical (unpaired) electrons. The largest absolute Gasteiger partial charge is 0.385 e. The number of benzene rings is 2. The van der Waals surface area contributed by atoms with Crippen LogP contribution in [0, 0.1) is 12.7 Å². The fourth-order valence-corrected chi connectivity index (χ4v) is 3.37. The predicted molar refractivity (Wildman–Crippen MR) is 118 cm³/mol. The first-order valence-electron chi connectivity index (χ1n) is 9.97. The lowest BCUT2D eigenvalue weighted by Gasteiger charge is -2.10. The third-order valence-corrected chi connectivity index (χ3v) is 5.02. The summed E-state index contributed by atoms with van der Waals surface area (Å²) in [5.74, 6) is -1.27. The average molecular weight is 423 g/mol. The quantitative estimate of drug-likeness (QED) is 0.541. The first kappa shape index (κ1) is 22.0. The van der Waals surface area contributed by atoms with Crippen LogP contribution in [-0.4, -0.2) is 28.6 Å². The second-order valence-corrected chi connectivity index (χ2v) is 7.60. The monoisotopic (exact) mass is 423 g/mol. The number of halogens is 1. The Morgan fingerprint density at radius 3 is 2.42 bits per heavy atom. The maximum Gasteiger partial charge on any atom is 0.269 e. The summed E-state index contributed by atoms with van der Waals surface area (Å²) >= 11 is 0. The van der Waals surface area contributed by atoms with E-state index >= 15 is 0 Å². The van der Waals surface area contributed by atoms with Crippen molar-refractivity contribution in [3.05, 3.63) is 76.4 Å². The van der Waals surface area contributed by atoms with Gasteiger partial charge >= 0.3 is 0 Å². The lowest BCUT2D eigenvalue weighted by atomic mass is 10.1. The predicted octanol–water partition coefficient (Wildman–Crippen LogP) is 3.51. The number of primary amides is 1. The molecule has 0 aliphatic heterocycles. The molecule has 0 saturated heterocycles. The SMILES string of the molecule is CNc1c(C(C)C)nn(-c2ccc(CNC(=O)c3cc(F)ccc3C)cc2)c1C(N)=O. The summed E-state index contributed by atoms with van der Waals surface area (Å²) in [7, 11) is 1.73. The molecule has 0 spiro atoms. The van der Waals surface area contributed by atoms with Crippen LogP contribution in [0.2, 0.25) is 0 Å². The van der Waals surface area contributed by atoms with Gasteiger partial charge in [-0.1, -0.05) is 32.0 Å². The van der Waals surface area contributed by atoms with Crippen molar-refractivity contribution < 1.29 is 14.0 Å². The van der Waals surface area contributed by atoms with Gasteiger partial charge in [0.25, 0.3) is 11.8 Å². The second-order valence-electron chi connectivity index (χ2n) is 7.60. The van der Waals surface area contributed by atoms with E-state index in [9.17, 15) is 14.0 Å². The number of hydrogen-bond donors (Lipinski definition) is 3. The number of amides is 2. The van der Waals surface area contributed by atoms with Crippen LogP contribution in [0.1, 0.15) is 57.4 Å². The first-order chi connectivity index (χ1) is 14.7. The molecule has 2 aromatic carbocycles. The highest BCUT2D eigenvalue weighted by Crippen LogP contribution is 2.29. The van der Waals surface area contributed by atoms with Crippen LogP contribution in [0.4, 0.5) is 10.1 Å². The molecule has 0 unspecified atom stereocenters. The van der Waals surface area contributed by atoms with Crippen LogP contribution in [-0.2, 0) is 6.54 Å². The molecule has 0 fully saturated rings. The van der Waals surface area contributed by atoms with Gasteiger partial charge in [-0.15, -0.1) is 0 Å². The standard InChI is InChI=1S/C23H26FN5O2/c1-13(2)19-20(26-4)21(22(25)30)29(28-19)17-9-6-15(7-10-17)12-27-23(31)18-11-16(24)8-5-14(18)3/h5-11,13,26H,12H2,1-4H3,(H2,25,30)(H,27,31). The van der Waals surface area contributed by atoms with Gasteiger partial charge in [0, 0.05) is 19.2 Å². The van der Waals surface area contributed by atoms with Crippen LogP contribution in [0.3, 0.4) is 0 Å². The van der Waals surface area contributed by atoms with E-state index in [1.807, 2.05) is 26.0 Å². The number of hydrogen-bond acceptors (Lipinski definition) is 4. The highest BCUT2D eigenvalue weighted by atomic mass is 19.1. The van der Waals surface area contributed by atoms with E-state index in [-0.39, 0.29) is 24.1 Å². The Bertz CT molecular complexity index is 1120. The van der Waals surface area contributed by atoms with Gasteiger partial charge in [-0.2, -0.15) is 5.10 Å². The van der Waals surface area contributed by atoms with E-state index in [0.717, 1.165) is 11.3 Å². The molecule has 8 heteroatoms. The molecule has 0 aliphatic carbocycles. The minimum Gasteiger partial charge on any atom is -0.385 e. The molecule has 4 N–H and O–H groups in total. The van der Waals surface area contributed by atoms with Crippen LogP contribution >= 0.6 is 0 Å². The van der Waals surface area contributed by atoms with E-state index in [1.165, 1.54) is 16.8 Å². The molecule has 0 aliphatic rings. The van der Waals surface area contributed by atoms with Crippen molar-refractivity contribution in [1.29, 1.82) is 0 Å². The number of nitrogens with zero attached hydrogens (tertiary/aromatic N) is 2. The molecule has 3 rings (SSSR count). The summed E-state index contributed by atoms with van der Waals surface area (Å²) in [6, 6.07) is 11.4. The van der Waals surface area contributed by atoms with E-state index in [2.05, 4.69) is 15.7 Å². The number of rotatable bonds is 7. The third kappa shape index (κ3) is 4.58. The maximum absolute atomic E-state index is 13.4. The van der Waals surface area contributed by atoms with Crippen molar-refractivity contribution in [2.24, 2.45) is 5.73 Å². The third-order valence-electron chi connectivity index (χ3n) is 5.02. The molecule has 0 saturated carbocycles. The van der Waals surface area contributed by atoms with Crippen LogP contribution in [0.25, 0.3) is 5.69 Å². The van der Waals surface area contributed by atoms with Crippen LogP contribution < -0.4 is 16.4 Å². The van der Waals surface area contributed by atoms with Crippen molar-refractivity contribution in [3.8, 4) is 5.69 Å². The molecule has 162 valence electrons. The second kappa shape index (κ2) is 8.99. The zero-order chi connectivity index (χ0) is 22.7. The van der Waals surface area contributed by atoms with E-state index < -0.39 is 11.7 Å². The van der Waals surface area contributed by atoms with Crippen molar-refractivity contribution in [3.63, 3.8) is 0 Å². The number of aryl methyl sites for hydroxylation is 1. The molecule has 31 heavy (non-hydrogen) atoms. The molecular formula is C23H26FN5O2. The molecule has 3 aromatic rings. The highest BCUT2D eigenvalue weighted by Gasteiger charge is 2.23. The summed E-state index contributed by atoms with van der Waals surface area (Å²) in [5, 5.41) is 10.4. The Hall–Kier alpha value is -3.68. The number of anilines is 1. The van der Waals surface area contributed by atoms with E-state index in [4.69, 9.17) is 5.73 Å². The fourth-order valence-electron chi connectivity index (χ4n) is 3.37. The minimum atomic E-state index is -0.578. The molecule has 0 atom stereocenters. The number of carbonyl (C=O) groups excluding carboxylic acids is 2. The summed E-state index contributed by atoms with van der Waals surface area (Å²) in [4.78, 5) is 24.5. The van der Waals surface area contributed by atoms with Gasteiger partial charge in [-0.25, -0.2) is 9.07 Å². The van der Waals surface area contributed by atoms with Gasteiger partial charge in [0.1, 0.15) is 5.82 Å². The van der Waals surface area contributed by atoms with Crippen LogP contribution in [0.5, 0.6) is 0 Å². The summed E-state index contributed by atoms with van der Waals surface area (Å²) in [6.07, 6.45) is 0. The van der Waals surface area contributed by atoms with Crippen molar-refractivity contribution >= 4 is 17.5 Å². The number of carbonyl (C=O) groups is 2. The van der Waals surface area contributed by atoms with Gasteiger partial charge < -0.3 is 16.4 Å². The Morgan fingerprint density at radius 1 is 1.16 bits per heavy atom. The molecule has 1 aromatic heterocycles. The topological polar surface area (TPSA) is 102 Å². The first-order valence-corrected chi connectivity index (χ1v) is 9.97. The number of nitrogens with one attached hydrogen (secondary N) is 2. The molecular weight excluding hydrogens is 397 g/mol. The fraction of sp³-hybridized carbons (Fsp3) is 0.261. The number of nitrogens with two attached hydrogens (primary N) is 1. The summed E-state index contributed by atoms with van der Waals surface area (Å²) in [5.41, 5.74) is 9.79. The normalized spacial score (nSPS) is 10.9. The maximum atomic E-state index is 13.4. The number of aromatic nitrogens is 2. The van der Waals surface area contributed by atoms with Crippen molar-refractivity contribution in [2.75, 3.05) is 12.4 Å². The van der Waals surface area contributed by atoms with Crippen molar-refractivity contribution in [1.82, 2.24) is 15.1 Å². The zero-order valence-electron chi connectivity index (χ0n) is 18.0. The van der Waals surface area contributed by atoms with Gasteiger partial charge in [0.05, 0.1) is 17.1 Å². The molecule has 7 nitrogen and oxygen atoms in total. The van der Waals surface area contributed by atoms with Gasteiger partial charge in [-0.05, 0) is 48.2 Å². The molecule has 1 heterocycles. The molecule has 2 amide bonds. The van der Waals surface area contributed by atoms with Gasteiger partial charge in [-0.3, -0.25) is 9.59 Å². The van der Waals surface area contributed by atoms with Crippen molar-refractivity contribution in [2.45, 2.75) is 33.2 Å². The lowest BCUT2D eigenvalue weighted by Crippen LogP contribution is -2.23. The highest BCUT2D eigenvalue weighted by molar-refractivity contribution is 5.98.